The van der Waals surface area contributed by atoms with E-state index in [2.05, 4.69) is 11.9 Å². The van der Waals surface area contributed by atoms with Crippen molar-refractivity contribution >= 4 is 0 Å². The molecule has 0 aromatic heterocycles. The molecule has 2 fully saturated rings. The molecule has 0 spiro atoms. The van der Waals surface area contributed by atoms with Crippen molar-refractivity contribution in [3.05, 3.63) is 29.6 Å². The monoisotopic (exact) mass is 295 g/mol. The van der Waals surface area contributed by atoms with E-state index in [1.165, 1.54) is 19.2 Å². The fourth-order valence-electron chi connectivity index (χ4n) is 3.60. The van der Waals surface area contributed by atoms with Crippen LogP contribution < -0.4 is 4.74 Å². The molecule has 116 valence electrons. The number of rotatable bonds is 3. The zero-order valence-electron chi connectivity index (χ0n) is 12.5. The van der Waals surface area contributed by atoms with Crippen LogP contribution in [-0.4, -0.2) is 55.1 Å². The summed E-state index contributed by atoms with van der Waals surface area (Å²) in [5.41, 5.74) is -0.0253. The molecule has 2 saturated heterocycles. The minimum absolute atomic E-state index is 0.234. The van der Waals surface area contributed by atoms with Crippen LogP contribution in [0, 0.1) is 5.82 Å². The number of benzene rings is 1. The maximum Gasteiger partial charge on any atom is 0.127 e. The van der Waals surface area contributed by atoms with Crippen molar-refractivity contribution in [2.24, 2.45) is 0 Å². The molecule has 5 heteroatoms. The number of fused-ring (bicyclic) bond motifs is 2. The lowest BCUT2D eigenvalue weighted by molar-refractivity contribution is -0.133. The summed E-state index contributed by atoms with van der Waals surface area (Å²) in [7, 11) is 3.60. The molecule has 1 N–H and O–H groups in total. The molecule has 1 aromatic carbocycles. The van der Waals surface area contributed by atoms with E-state index in [-0.39, 0.29) is 17.9 Å². The lowest BCUT2D eigenvalue weighted by atomic mass is 9.78. The maximum absolute atomic E-state index is 13.6. The molecule has 0 amide bonds. The van der Waals surface area contributed by atoms with Crippen LogP contribution in [0.2, 0.25) is 0 Å². The molecular formula is C16H22FNO3. The maximum atomic E-state index is 13.6. The van der Waals surface area contributed by atoms with Gasteiger partial charge in [-0.1, -0.05) is 0 Å². The second-order valence-corrected chi connectivity index (χ2v) is 6.32. The quantitative estimate of drug-likeness (QED) is 0.920. The van der Waals surface area contributed by atoms with Gasteiger partial charge in [-0.2, -0.15) is 0 Å². The smallest absolute Gasteiger partial charge is 0.127 e. The SMILES string of the molecule is COc1cc(F)cc(CC2(O)CC3COCC(C2)N3C)c1. The number of halogens is 1. The van der Waals surface area contributed by atoms with Gasteiger partial charge in [0.25, 0.3) is 0 Å². The third-order valence-electron chi connectivity index (χ3n) is 4.70. The van der Waals surface area contributed by atoms with E-state index in [1.54, 1.807) is 6.07 Å². The molecule has 4 nitrogen and oxygen atoms in total. The molecule has 2 unspecified atom stereocenters. The lowest BCUT2D eigenvalue weighted by Crippen LogP contribution is -2.60. The van der Waals surface area contributed by atoms with Gasteiger partial charge in [0.2, 0.25) is 0 Å². The van der Waals surface area contributed by atoms with E-state index in [0.717, 1.165) is 5.56 Å². The summed E-state index contributed by atoms with van der Waals surface area (Å²) in [5.74, 6) is 0.162. The van der Waals surface area contributed by atoms with Gasteiger partial charge in [0.15, 0.2) is 0 Å². The van der Waals surface area contributed by atoms with Crippen LogP contribution in [-0.2, 0) is 11.2 Å². The van der Waals surface area contributed by atoms with Gasteiger partial charge in [0, 0.05) is 24.6 Å². The number of hydrogen-bond acceptors (Lipinski definition) is 4. The Morgan fingerprint density at radius 3 is 2.62 bits per heavy atom. The molecule has 21 heavy (non-hydrogen) atoms. The van der Waals surface area contributed by atoms with Gasteiger partial charge in [-0.05, 0) is 37.6 Å². The van der Waals surface area contributed by atoms with Gasteiger partial charge in [-0.15, -0.1) is 0 Å². The molecule has 3 rings (SSSR count). The molecule has 0 saturated carbocycles. The van der Waals surface area contributed by atoms with Crippen molar-refractivity contribution in [3.63, 3.8) is 0 Å². The van der Waals surface area contributed by atoms with Gasteiger partial charge < -0.3 is 14.6 Å². The first-order valence-electron chi connectivity index (χ1n) is 7.35. The number of nitrogens with zero attached hydrogens (tertiary/aromatic N) is 1. The van der Waals surface area contributed by atoms with E-state index in [9.17, 15) is 9.50 Å². The first kappa shape index (κ1) is 14.8. The number of aliphatic hydroxyl groups is 1. The molecule has 2 atom stereocenters. The van der Waals surface area contributed by atoms with Crippen LogP contribution >= 0.6 is 0 Å². The van der Waals surface area contributed by atoms with E-state index in [1.807, 2.05) is 0 Å². The van der Waals surface area contributed by atoms with Crippen molar-refractivity contribution in [3.8, 4) is 5.75 Å². The molecular weight excluding hydrogens is 273 g/mol. The zero-order valence-corrected chi connectivity index (χ0v) is 12.5. The molecule has 1 aromatic rings. The summed E-state index contributed by atoms with van der Waals surface area (Å²) in [6.45, 7) is 1.31. The van der Waals surface area contributed by atoms with E-state index < -0.39 is 5.60 Å². The van der Waals surface area contributed by atoms with E-state index in [4.69, 9.17) is 9.47 Å². The fourth-order valence-corrected chi connectivity index (χ4v) is 3.60. The van der Waals surface area contributed by atoms with Crippen molar-refractivity contribution in [2.45, 2.75) is 36.9 Å². The number of likely N-dealkylation sites (N-methyl/N-ethyl adjacent to an activating group) is 1. The largest absolute Gasteiger partial charge is 0.497 e. The van der Waals surface area contributed by atoms with Gasteiger partial charge in [0.1, 0.15) is 11.6 Å². The number of ether oxygens (including phenoxy) is 2. The standard InChI is InChI=1S/C16H22FNO3/c1-18-13-7-16(19,8-14(18)10-21-9-13)6-11-3-12(17)5-15(4-11)20-2/h3-5,13-14,19H,6-10H2,1-2H3. The Morgan fingerprint density at radius 2 is 2.00 bits per heavy atom. The van der Waals surface area contributed by atoms with E-state index in [0.29, 0.717) is 38.2 Å². The summed E-state index contributed by atoms with van der Waals surface area (Å²) < 4.78 is 24.3. The van der Waals surface area contributed by atoms with Crippen molar-refractivity contribution < 1.29 is 19.0 Å². The second kappa shape index (κ2) is 5.55. The summed E-state index contributed by atoms with van der Waals surface area (Å²) in [6, 6.07) is 5.09. The van der Waals surface area contributed by atoms with Crippen LogP contribution in [0.15, 0.2) is 18.2 Å². The molecule has 2 aliphatic heterocycles. The summed E-state index contributed by atoms with van der Waals surface area (Å²) in [5, 5.41) is 11.0. The Bertz CT molecular complexity index is 508. The Kier molecular flexibility index (Phi) is 3.90. The third-order valence-corrected chi connectivity index (χ3v) is 4.70. The average molecular weight is 295 g/mol. The van der Waals surface area contributed by atoms with Gasteiger partial charge >= 0.3 is 0 Å². The van der Waals surface area contributed by atoms with E-state index >= 15 is 0 Å². The minimum Gasteiger partial charge on any atom is -0.497 e. The fraction of sp³-hybridized carbons (Fsp3) is 0.625. The highest BCUT2D eigenvalue weighted by atomic mass is 19.1. The zero-order chi connectivity index (χ0) is 15.0. The lowest BCUT2D eigenvalue weighted by Gasteiger charge is -2.50. The minimum atomic E-state index is -0.801. The first-order chi connectivity index (χ1) is 9.99. The summed E-state index contributed by atoms with van der Waals surface area (Å²) in [4.78, 5) is 2.30. The number of methoxy groups -OCH3 is 1. The number of morpholine rings is 1. The predicted molar refractivity (Wildman–Crippen MR) is 77.0 cm³/mol. The van der Waals surface area contributed by atoms with Gasteiger partial charge in [0.05, 0.1) is 25.9 Å². The Labute approximate surface area is 124 Å². The summed E-state index contributed by atoms with van der Waals surface area (Å²) >= 11 is 0. The highest BCUT2D eigenvalue weighted by Crippen LogP contribution is 2.36. The van der Waals surface area contributed by atoms with Crippen LogP contribution in [0.1, 0.15) is 18.4 Å². The van der Waals surface area contributed by atoms with Gasteiger partial charge in [-0.25, -0.2) is 4.39 Å². The van der Waals surface area contributed by atoms with Gasteiger partial charge in [-0.3, -0.25) is 4.90 Å². The van der Waals surface area contributed by atoms with Crippen molar-refractivity contribution in [2.75, 3.05) is 27.4 Å². The third kappa shape index (κ3) is 3.05. The van der Waals surface area contributed by atoms with Crippen LogP contribution in [0.3, 0.4) is 0 Å². The highest BCUT2D eigenvalue weighted by Gasteiger charge is 2.44. The second-order valence-electron chi connectivity index (χ2n) is 6.32. The Balaban J connectivity index is 1.79. The van der Waals surface area contributed by atoms with Crippen LogP contribution in [0.4, 0.5) is 4.39 Å². The topological polar surface area (TPSA) is 41.9 Å². The molecule has 2 heterocycles. The molecule has 2 aliphatic rings. The molecule has 2 bridgehead atoms. The first-order valence-corrected chi connectivity index (χ1v) is 7.35. The molecule has 0 radical (unpaired) electrons. The summed E-state index contributed by atoms with van der Waals surface area (Å²) in [6.07, 6.45) is 1.75. The van der Waals surface area contributed by atoms with Crippen LogP contribution in [0.25, 0.3) is 0 Å². The number of piperidine rings is 1. The number of hydrogen-bond donors (Lipinski definition) is 1. The normalized spacial score (nSPS) is 33.0. The highest BCUT2D eigenvalue weighted by molar-refractivity contribution is 5.30. The molecule has 0 aliphatic carbocycles. The average Bonchev–Trinajstić information content (AvgIpc) is 2.40. The Hall–Kier alpha value is -1.17. The van der Waals surface area contributed by atoms with Crippen molar-refractivity contribution in [1.29, 1.82) is 0 Å². The predicted octanol–water partition coefficient (Wildman–Crippen LogP) is 1.60. The van der Waals surface area contributed by atoms with Crippen LogP contribution in [0.5, 0.6) is 5.75 Å². The van der Waals surface area contributed by atoms with Crippen molar-refractivity contribution in [1.82, 2.24) is 4.90 Å². The Morgan fingerprint density at radius 1 is 1.33 bits per heavy atom.